The van der Waals surface area contributed by atoms with Gasteiger partial charge in [0.05, 0.1) is 22.6 Å². The Balaban J connectivity index is 3.25. The van der Waals surface area contributed by atoms with Gasteiger partial charge < -0.3 is 0 Å². The van der Waals surface area contributed by atoms with E-state index in [1.54, 1.807) is 0 Å². The maximum atomic E-state index is 11.6. The van der Waals surface area contributed by atoms with Crippen LogP contribution in [-0.4, -0.2) is 10.7 Å². The summed E-state index contributed by atoms with van der Waals surface area (Å²) in [5.74, 6) is -2.36. The largest absolute Gasteiger partial charge is 0.291 e. The quantitative estimate of drug-likeness (QED) is 0.430. The van der Waals surface area contributed by atoms with Crippen molar-refractivity contribution in [1.29, 1.82) is 10.5 Å². The van der Waals surface area contributed by atoms with Gasteiger partial charge in [0.2, 0.25) is 5.78 Å². The SMILES string of the molecule is N#CC(C#N)C(=O)c1ccccc1[N+](=O)[O-]. The minimum absolute atomic E-state index is 0.222. The van der Waals surface area contributed by atoms with E-state index >= 15 is 0 Å². The van der Waals surface area contributed by atoms with Gasteiger partial charge in [0, 0.05) is 6.07 Å². The van der Waals surface area contributed by atoms with Crippen LogP contribution >= 0.6 is 0 Å². The number of nitriles is 2. The fourth-order valence-corrected chi connectivity index (χ4v) is 1.14. The van der Waals surface area contributed by atoms with Crippen molar-refractivity contribution in [2.24, 2.45) is 5.92 Å². The van der Waals surface area contributed by atoms with E-state index in [1.807, 2.05) is 0 Å². The number of nitro groups is 1. The average Bonchev–Trinajstić information content (AvgIpc) is 2.30. The standard InChI is InChI=1S/C10H5N3O3/c11-5-7(6-12)10(14)8-3-1-2-4-9(8)13(15)16/h1-4,7H. The van der Waals surface area contributed by atoms with E-state index in [9.17, 15) is 14.9 Å². The summed E-state index contributed by atoms with van der Waals surface area (Å²) in [6.07, 6.45) is 0. The monoisotopic (exact) mass is 215 g/mol. The molecule has 0 heterocycles. The van der Waals surface area contributed by atoms with Crippen LogP contribution in [0.1, 0.15) is 10.4 Å². The first-order valence-corrected chi connectivity index (χ1v) is 4.18. The van der Waals surface area contributed by atoms with Crippen molar-refractivity contribution >= 4 is 11.5 Å². The van der Waals surface area contributed by atoms with Gasteiger partial charge in [-0.15, -0.1) is 0 Å². The second kappa shape index (κ2) is 4.67. The number of para-hydroxylation sites is 1. The molecule has 0 amide bonds. The van der Waals surface area contributed by atoms with Gasteiger partial charge >= 0.3 is 0 Å². The Morgan fingerprint density at radius 3 is 2.38 bits per heavy atom. The molecular formula is C10H5N3O3. The van der Waals surface area contributed by atoms with Crippen molar-refractivity contribution < 1.29 is 9.72 Å². The van der Waals surface area contributed by atoms with Crippen LogP contribution < -0.4 is 0 Å². The highest BCUT2D eigenvalue weighted by molar-refractivity contribution is 6.04. The number of hydrogen-bond donors (Lipinski definition) is 0. The molecule has 0 aliphatic carbocycles. The molecule has 0 atom stereocenters. The Bertz CT molecular complexity index is 511. The summed E-state index contributed by atoms with van der Waals surface area (Å²) >= 11 is 0. The lowest BCUT2D eigenvalue weighted by atomic mass is 9.99. The number of nitrogens with zero attached hydrogens (tertiary/aromatic N) is 3. The van der Waals surface area contributed by atoms with Gasteiger partial charge in [-0.3, -0.25) is 14.9 Å². The summed E-state index contributed by atoms with van der Waals surface area (Å²) in [5, 5.41) is 27.7. The Labute approximate surface area is 90.5 Å². The zero-order valence-corrected chi connectivity index (χ0v) is 7.95. The van der Waals surface area contributed by atoms with Crippen LogP contribution in [0.25, 0.3) is 0 Å². The highest BCUT2D eigenvalue weighted by Gasteiger charge is 2.26. The minimum Gasteiger partial charge on any atom is -0.291 e. The van der Waals surface area contributed by atoms with Crippen molar-refractivity contribution in [3.8, 4) is 12.1 Å². The lowest BCUT2D eigenvalue weighted by Crippen LogP contribution is -2.12. The van der Waals surface area contributed by atoms with Crippen molar-refractivity contribution in [2.75, 3.05) is 0 Å². The zero-order chi connectivity index (χ0) is 12.1. The molecule has 6 heteroatoms. The Morgan fingerprint density at radius 2 is 1.88 bits per heavy atom. The van der Waals surface area contributed by atoms with Crippen LogP contribution in [-0.2, 0) is 0 Å². The molecule has 0 aliphatic rings. The molecule has 1 rings (SSSR count). The van der Waals surface area contributed by atoms with E-state index in [0.29, 0.717) is 0 Å². The van der Waals surface area contributed by atoms with E-state index in [-0.39, 0.29) is 5.56 Å². The van der Waals surface area contributed by atoms with Crippen molar-refractivity contribution in [3.63, 3.8) is 0 Å². The van der Waals surface area contributed by atoms with Gasteiger partial charge in [-0.2, -0.15) is 10.5 Å². The third-order valence-corrected chi connectivity index (χ3v) is 1.89. The van der Waals surface area contributed by atoms with E-state index < -0.39 is 22.3 Å². The number of rotatable bonds is 3. The van der Waals surface area contributed by atoms with E-state index in [4.69, 9.17) is 10.5 Å². The topological polar surface area (TPSA) is 108 Å². The zero-order valence-electron chi connectivity index (χ0n) is 7.95. The summed E-state index contributed by atoms with van der Waals surface area (Å²) in [6, 6.07) is 8.18. The van der Waals surface area contributed by atoms with Crippen LogP contribution in [0.15, 0.2) is 24.3 Å². The molecule has 0 N–H and O–H groups in total. The second-order valence-electron chi connectivity index (χ2n) is 2.83. The molecule has 1 aromatic rings. The molecule has 0 bridgehead atoms. The third-order valence-electron chi connectivity index (χ3n) is 1.89. The number of hydrogen-bond acceptors (Lipinski definition) is 5. The molecule has 0 spiro atoms. The van der Waals surface area contributed by atoms with Crippen molar-refractivity contribution in [2.45, 2.75) is 0 Å². The van der Waals surface area contributed by atoms with Crippen LogP contribution in [0.5, 0.6) is 0 Å². The molecule has 0 aliphatic heterocycles. The summed E-state index contributed by atoms with van der Waals surface area (Å²) in [5.41, 5.74) is -0.622. The fraction of sp³-hybridized carbons (Fsp3) is 0.100. The first-order valence-electron chi connectivity index (χ1n) is 4.18. The number of ketones is 1. The normalized spacial score (nSPS) is 9.19. The fourth-order valence-electron chi connectivity index (χ4n) is 1.14. The van der Waals surface area contributed by atoms with Crippen LogP contribution in [0, 0.1) is 38.7 Å². The molecule has 0 unspecified atom stereocenters. The number of Topliss-reactive ketones (excluding diaryl/α,β-unsaturated/α-hetero) is 1. The maximum absolute atomic E-state index is 11.6. The van der Waals surface area contributed by atoms with Gasteiger partial charge in [-0.25, -0.2) is 0 Å². The summed E-state index contributed by atoms with van der Waals surface area (Å²) < 4.78 is 0. The molecule has 78 valence electrons. The molecular weight excluding hydrogens is 210 g/mol. The first-order chi connectivity index (χ1) is 7.61. The van der Waals surface area contributed by atoms with Gasteiger partial charge in [-0.05, 0) is 6.07 Å². The number of carbonyl (C=O) groups excluding carboxylic acids is 1. The number of nitro benzene ring substituents is 1. The third kappa shape index (κ3) is 2.02. The van der Waals surface area contributed by atoms with Gasteiger partial charge in [0.1, 0.15) is 0 Å². The molecule has 0 aromatic heterocycles. The Morgan fingerprint density at radius 1 is 1.31 bits per heavy atom. The molecule has 1 aromatic carbocycles. The Hall–Kier alpha value is -2.73. The number of benzene rings is 1. The molecule has 6 nitrogen and oxygen atoms in total. The molecule has 16 heavy (non-hydrogen) atoms. The first kappa shape index (κ1) is 11.3. The van der Waals surface area contributed by atoms with Crippen molar-refractivity contribution in [1.82, 2.24) is 0 Å². The molecule has 0 saturated heterocycles. The molecule has 0 fully saturated rings. The summed E-state index contributed by atoms with van der Waals surface area (Å²) in [7, 11) is 0. The summed E-state index contributed by atoms with van der Waals surface area (Å²) in [4.78, 5) is 21.5. The number of carbonyl (C=O) groups is 1. The van der Waals surface area contributed by atoms with Gasteiger partial charge in [0.25, 0.3) is 5.69 Å². The average molecular weight is 215 g/mol. The highest BCUT2D eigenvalue weighted by atomic mass is 16.6. The summed E-state index contributed by atoms with van der Waals surface area (Å²) in [6.45, 7) is 0. The Kier molecular flexibility index (Phi) is 3.31. The van der Waals surface area contributed by atoms with Crippen molar-refractivity contribution in [3.05, 3.63) is 39.9 Å². The smallest absolute Gasteiger partial charge is 0.280 e. The van der Waals surface area contributed by atoms with Crippen LogP contribution in [0.3, 0.4) is 0 Å². The predicted octanol–water partition coefficient (Wildman–Crippen LogP) is 1.44. The lowest BCUT2D eigenvalue weighted by Gasteiger charge is -2.01. The van der Waals surface area contributed by atoms with E-state index in [0.717, 1.165) is 6.07 Å². The predicted molar refractivity (Wildman–Crippen MR) is 52.1 cm³/mol. The molecule has 0 radical (unpaired) electrons. The maximum Gasteiger partial charge on any atom is 0.280 e. The van der Waals surface area contributed by atoms with Gasteiger partial charge in [-0.1, -0.05) is 12.1 Å². The van der Waals surface area contributed by atoms with Crippen LogP contribution in [0.2, 0.25) is 0 Å². The van der Waals surface area contributed by atoms with E-state index in [1.165, 1.54) is 30.3 Å². The second-order valence-corrected chi connectivity index (χ2v) is 2.83. The van der Waals surface area contributed by atoms with Gasteiger partial charge in [0.15, 0.2) is 5.92 Å². The van der Waals surface area contributed by atoms with E-state index in [2.05, 4.69) is 0 Å². The minimum atomic E-state index is -1.51. The molecule has 0 saturated carbocycles. The van der Waals surface area contributed by atoms with Crippen LogP contribution in [0.4, 0.5) is 5.69 Å². The lowest BCUT2D eigenvalue weighted by molar-refractivity contribution is -0.385. The highest BCUT2D eigenvalue weighted by Crippen LogP contribution is 2.20.